The number of nitrogens with one attached hydrogen (secondary N) is 1. The number of halogens is 2. The van der Waals surface area contributed by atoms with Crippen LogP contribution >= 0.6 is 0 Å². The molecule has 0 aliphatic heterocycles. The van der Waals surface area contributed by atoms with Crippen LogP contribution in [0.25, 0.3) is 5.69 Å². The molecular formula is C21H18F2N2O2. The molecule has 0 fully saturated rings. The van der Waals surface area contributed by atoms with Crippen LogP contribution in [-0.2, 0) is 0 Å². The highest BCUT2D eigenvalue weighted by Gasteiger charge is 2.15. The molecular weight excluding hydrogens is 350 g/mol. The minimum Gasteiger partial charge on any atom is -0.322 e. The van der Waals surface area contributed by atoms with Crippen molar-refractivity contribution >= 4 is 11.6 Å². The zero-order chi connectivity index (χ0) is 19.6. The Morgan fingerprint density at radius 2 is 1.74 bits per heavy atom. The molecule has 3 aromatic rings. The molecule has 0 aliphatic carbocycles. The third-order valence-electron chi connectivity index (χ3n) is 4.18. The Labute approximate surface area is 155 Å². The summed E-state index contributed by atoms with van der Waals surface area (Å²) in [6.45, 7) is 3.75. The molecule has 0 aliphatic rings. The summed E-state index contributed by atoms with van der Waals surface area (Å²) in [7, 11) is 0. The fourth-order valence-corrected chi connectivity index (χ4v) is 2.74. The Hall–Kier alpha value is -3.28. The number of aromatic nitrogens is 1. The van der Waals surface area contributed by atoms with Crippen LogP contribution in [0.4, 0.5) is 14.5 Å². The average molecular weight is 368 g/mol. The van der Waals surface area contributed by atoms with E-state index in [2.05, 4.69) is 5.32 Å². The summed E-state index contributed by atoms with van der Waals surface area (Å²) < 4.78 is 28.4. The van der Waals surface area contributed by atoms with Crippen molar-refractivity contribution in [1.82, 2.24) is 4.57 Å². The van der Waals surface area contributed by atoms with E-state index in [1.54, 1.807) is 18.2 Å². The highest BCUT2D eigenvalue weighted by atomic mass is 19.1. The molecule has 6 heteroatoms. The first kappa shape index (κ1) is 18.5. The van der Waals surface area contributed by atoms with Gasteiger partial charge >= 0.3 is 0 Å². The number of pyridine rings is 1. The van der Waals surface area contributed by atoms with Gasteiger partial charge in [0.2, 0.25) is 0 Å². The van der Waals surface area contributed by atoms with Gasteiger partial charge in [-0.3, -0.25) is 14.2 Å². The molecule has 2 aromatic carbocycles. The molecule has 4 nitrogen and oxygen atoms in total. The van der Waals surface area contributed by atoms with Crippen LogP contribution in [0.5, 0.6) is 0 Å². The second-order valence-electron chi connectivity index (χ2n) is 6.42. The normalized spacial score (nSPS) is 10.9. The summed E-state index contributed by atoms with van der Waals surface area (Å²) in [5.41, 5.74) is 0.587. The smallest absolute Gasteiger partial charge is 0.267 e. The maximum Gasteiger partial charge on any atom is 0.267 e. The monoisotopic (exact) mass is 368 g/mol. The van der Waals surface area contributed by atoms with Gasteiger partial charge in [-0.05, 0) is 60.0 Å². The van der Waals surface area contributed by atoms with E-state index in [-0.39, 0.29) is 17.2 Å². The Morgan fingerprint density at radius 3 is 2.37 bits per heavy atom. The van der Waals surface area contributed by atoms with Crippen LogP contribution < -0.4 is 10.9 Å². The van der Waals surface area contributed by atoms with Gasteiger partial charge in [0.1, 0.15) is 17.2 Å². The van der Waals surface area contributed by atoms with Gasteiger partial charge < -0.3 is 5.32 Å². The van der Waals surface area contributed by atoms with E-state index in [1.807, 2.05) is 13.8 Å². The minimum absolute atomic E-state index is 0.0202. The fourth-order valence-electron chi connectivity index (χ4n) is 2.74. The van der Waals surface area contributed by atoms with Crippen molar-refractivity contribution in [3.8, 4) is 5.69 Å². The molecule has 0 radical (unpaired) electrons. The quantitative estimate of drug-likeness (QED) is 0.738. The lowest BCUT2D eigenvalue weighted by molar-refractivity contribution is 0.102. The van der Waals surface area contributed by atoms with E-state index in [4.69, 9.17) is 0 Å². The molecule has 0 saturated heterocycles. The number of nitrogens with zero attached hydrogens (tertiary/aromatic N) is 1. The van der Waals surface area contributed by atoms with Gasteiger partial charge in [0.15, 0.2) is 0 Å². The van der Waals surface area contributed by atoms with Gasteiger partial charge in [0.25, 0.3) is 11.5 Å². The number of rotatable bonds is 4. The van der Waals surface area contributed by atoms with Gasteiger partial charge in [0, 0.05) is 17.6 Å². The minimum atomic E-state index is -0.645. The largest absolute Gasteiger partial charge is 0.322 e. The van der Waals surface area contributed by atoms with Crippen LogP contribution in [0.15, 0.2) is 65.6 Å². The van der Waals surface area contributed by atoms with Gasteiger partial charge in [-0.25, -0.2) is 8.78 Å². The van der Waals surface area contributed by atoms with Crippen molar-refractivity contribution in [3.05, 3.63) is 93.9 Å². The summed E-state index contributed by atoms with van der Waals surface area (Å²) in [5.74, 6) is -1.47. The van der Waals surface area contributed by atoms with Gasteiger partial charge in [-0.1, -0.05) is 19.9 Å². The molecule has 0 unspecified atom stereocenters. The lowest BCUT2D eigenvalue weighted by Crippen LogP contribution is -2.27. The van der Waals surface area contributed by atoms with Crippen LogP contribution in [0.2, 0.25) is 0 Å². The SMILES string of the molecule is CC(C)c1ccc(NC(=O)c2cccn(-c3ccc(F)cc3)c2=O)cc1F. The number of hydrogen-bond donors (Lipinski definition) is 1. The first-order valence-electron chi connectivity index (χ1n) is 8.45. The van der Waals surface area contributed by atoms with Gasteiger partial charge in [-0.15, -0.1) is 0 Å². The summed E-state index contributed by atoms with van der Waals surface area (Å²) >= 11 is 0. The van der Waals surface area contributed by atoms with Crippen molar-refractivity contribution in [3.63, 3.8) is 0 Å². The Bertz CT molecular complexity index is 1040. The Kier molecular flexibility index (Phi) is 5.16. The van der Waals surface area contributed by atoms with Crippen molar-refractivity contribution in [2.75, 3.05) is 5.32 Å². The molecule has 138 valence electrons. The Balaban J connectivity index is 1.90. The molecule has 1 N–H and O–H groups in total. The van der Waals surface area contributed by atoms with Crippen molar-refractivity contribution in [2.24, 2.45) is 0 Å². The number of carbonyl (C=O) groups is 1. The first-order chi connectivity index (χ1) is 12.9. The molecule has 0 saturated carbocycles. The molecule has 1 heterocycles. The lowest BCUT2D eigenvalue weighted by atomic mass is 10.0. The molecule has 1 amide bonds. The highest BCUT2D eigenvalue weighted by Crippen LogP contribution is 2.21. The standard InChI is InChI=1S/C21H18F2N2O2/c1-13(2)17-10-7-15(12-19(17)23)24-20(26)18-4-3-11-25(21(18)27)16-8-5-14(22)6-9-16/h3-13H,1-2H3,(H,24,26). The number of hydrogen-bond acceptors (Lipinski definition) is 2. The molecule has 27 heavy (non-hydrogen) atoms. The first-order valence-corrected chi connectivity index (χ1v) is 8.45. The fraction of sp³-hybridized carbons (Fsp3) is 0.143. The van der Waals surface area contributed by atoms with Crippen molar-refractivity contribution in [2.45, 2.75) is 19.8 Å². The molecule has 1 aromatic heterocycles. The second-order valence-corrected chi connectivity index (χ2v) is 6.42. The third-order valence-corrected chi connectivity index (χ3v) is 4.18. The van der Waals surface area contributed by atoms with Crippen LogP contribution in [0.3, 0.4) is 0 Å². The topological polar surface area (TPSA) is 51.1 Å². The van der Waals surface area contributed by atoms with Crippen LogP contribution in [0.1, 0.15) is 35.7 Å². The predicted molar refractivity (Wildman–Crippen MR) is 100 cm³/mol. The van der Waals surface area contributed by atoms with Crippen LogP contribution in [-0.4, -0.2) is 10.5 Å². The third kappa shape index (κ3) is 3.95. The van der Waals surface area contributed by atoms with Crippen LogP contribution in [0, 0.1) is 11.6 Å². The molecule has 0 spiro atoms. The summed E-state index contributed by atoms with van der Waals surface area (Å²) in [6, 6.07) is 12.7. The average Bonchev–Trinajstić information content (AvgIpc) is 2.62. The molecule has 3 rings (SSSR count). The lowest BCUT2D eigenvalue weighted by Gasteiger charge is -2.11. The number of benzene rings is 2. The van der Waals surface area contributed by atoms with E-state index in [0.29, 0.717) is 11.3 Å². The van der Waals surface area contributed by atoms with E-state index in [1.165, 1.54) is 47.2 Å². The van der Waals surface area contributed by atoms with E-state index in [0.717, 1.165) is 0 Å². The summed E-state index contributed by atoms with van der Waals surface area (Å²) in [4.78, 5) is 25.1. The zero-order valence-electron chi connectivity index (χ0n) is 14.9. The van der Waals surface area contributed by atoms with Gasteiger partial charge in [0.05, 0.1) is 0 Å². The number of amides is 1. The maximum atomic E-state index is 14.1. The Morgan fingerprint density at radius 1 is 1.04 bits per heavy atom. The number of carbonyl (C=O) groups excluding carboxylic acids is 1. The summed E-state index contributed by atoms with van der Waals surface area (Å²) in [6.07, 6.45) is 1.49. The zero-order valence-corrected chi connectivity index (χ0v) is 14.9. The molecule has 0 bridgehead atoms. The van der Waals surface area contributed by atoms with Gasteiger partial charge in [-0.2, -0.15) is 0 Å². The van der Waals surface area contributed by atoms with E-state index in [9.17, 15) is 18.4 Å². The summed E-state index contributed by atoms with van der Waals surface area (Å²) in [5, 5.41) is 2.54. The maximum absolute atomic E-state index is 14.1. The van der Waals surface area contributed by atoms with Crippen molar-refractivity contribution in [1.29, 1.82) is 0 Å². The predicted octanol–water partition coefficient (Wildman–Crippen LogP) is 4.49. The molecule has 0 atom stereocenters. The van der Waals surface area contributed by atoms with E-state index >= 15 is 0 Å². The second kappa shape index (κ2) is 7.53. The van der Waals surface area contributed by atoms with E-state index < -0.39 is 23.1 Å². The van der Waals surface area contributed by atoms with Crippen molar-refractivity contribution < 1.29 is 13.6 Å². The highest BCUT2D eigenvalue weighted by molar-refractivity contribution is 6.04. The number of anilines is 1.